The molecule has 2 N–H and O–H groups in total. The summed E-state index contributed by atoms with van der Waals surface area (Å²) in [7, 11) is 1.32. The van der Waals surface area contributed by atoms with Crippen LogP contribution in [0.5, 0.6) is 0 Å². The number of hydrogen-bond donors (Lipinski definition) is 2. The molecule has 0 radical (unpaired) electrons. The van der Waals surface area contributed by atoms with Crippen molar-refractivity contribution in [2.24, 2.45) is 0 Å². The highest BCUT2D eigenvalue weighted by Crippen LogP contribution is 2.34. The van der Waals surface area contributed by atoms with Crippen LogP contribution in [-0.4, -0.2) is 57.7 Å². The fraction of sp³-hybridized carbons (Fsp3) is 0.261. The van der Waals surface area contributed by atoms with E-state index in [2.05, 4.69) is 10.6 Å². The van der Waals surface area contributed by atoms with Gasteiger partial charge in [-0.1, -0.05) is 12.1 Å². The molecule has 168 valence electrons. The average molecular weight is 447 g/mol. The van der Waals surface area contributed by atoms with Gasteiger partial charge in [0.1, 0.15) is 29.7 Å². The maximum absolute atomic E-state index is 13.0. The Bertz CT molecular complexity index is 1310. The summed E-state index contributed by atoms with van der Waals surface area (Å²) >= 11 is 0. The van der Waals surface area contributed by atoms with Crippen molar-refractivity contribution in [3.63, 3.8) is 0 Å². The first kappa shape index (κ1) is 20.7. The van der Waals surface area contributed by atoms with E-state index in [0.717, 1.165) is 11.1 Å². The van der Waals surface area contributed by atoms with E-state index < -0.39 is 17.9 Å². The van der Waals surface area contributed by atoms with Crippen LogP contribution in [0.1, 0.15) is 28.8 Å². The Morgan fingerprint density at radius 3 is 2.88 bits per heavy atom. The number of carbonyl (C=O) groups is 4. The standard InChI is InChI=1S/C23H21N5O5/c1-33-19(30)11-24-21-20(25-17-4-2-3-9-27(17)21)13-5-6-15-14(10-13)12-28(23(15)32)16-7-8-18(29)26-22(16)31/h2-6,9-10,16,24H,7-8,11-12H2,1H3,(H,26,29,31). The van der Waals surface area contributed by atoms with Gasteiger partial charge in [-0.2, -0.15) is 0 Å². The van der Waals surface area contributed by atoms with Gasteiger partial charge >= 0.3 is 5.97 Å². The van der Waals surface area contributed by atoms with E-state index in [-0.39, 0.29) is 31.3 Å². The number of fused-ring (bicyclic) bond motifs is 2. The summed E-state index contributed by atoms with van der Waals surface area (Å²) in [4.78, 5) is 54.7. The van der Waals surface area contributed by atoms with Crippen LogP contribution in [0.25, 0.3) is 16.9 Å². The summed E-state index contributed by atoms with van der Waals surface area (Å²) in [6, 6.07) is 10.3. The minimum atomic E-state index is -0.668. The summed E-state index contributed by atoms with van der Waals surface area (Å²) in [5.41, 5.74) is 3.39. The number of imide groups is 1. The minimum Gasteiger partial charge on any atom is -0.468 e. The van der Waals surface area contributed by atoms with Crippen LogP contribution in [0.2, 0.25) is 0 Å². The molecule has 33 heavy (non-hydrogen) atoms. The number of hydrogen-bond acceptors (Lipinski definition) is 7. The Balaban J connectivity index is 1.49. The highest BCUT2D eigenvalue weighted by Gasteiger charge is 2.39. The van der Waals surface area contributed by atoms with Crippen LogP contribution in [-0.2, 0) is 25.7 Å². The average Bonchev–Trinajstić information content (AvgIpc) is 3.35. The largest absolute Gasteiger partial charge is 0.468 e. The number of carbonyl (C=O) groups excluding carboxylic acids is 4. The molecule has 10 nitrogen and oxygen atoms in total. The number of methoxy groups -OCH3 is 1. The van der Waals surface area contributed by atoms with Crippen molar-refractivity contribution in [1.82, 2.24) is 19.6 Å². The number of anilines is 1. The molecule has 5 rings (SSSR count). The lowest BCUT2D eigenvalue weighted by Crippen LogP contribution is -2.52. The summed E-state index contributed by atoms with van der Waals surface area (Å²) in [6.45, 7) is 0.242. The molecule has 1 aromatic carbocycles. The SMILES string of the molecule is COC(=O)CNc1c(-c2ccc3c(c2)CN(C2CCC(=O)NC2=O)C3=O)nc2ccccn12. The van der Waals surface area contributed by atoms with Gasteiger partial charge in [-0.3, -0.25) is 28.9 Å². The summed E-state index contributed by atoms with van der Waals surface area (Å²) in [6.07, 6.45) is 2.36. The van der Waals surface area contributed by atoms with Gasteiger partial charge in [0.25, 0.3) is 5.91 Å². The first-order chi connectivity index (χ1) is 16.0. The maximum Gasteiger partial charge on any atom is 0.325 e. The Kier molecular flexibility index (Phi) is 5.04. The molecular weight excluding hydrogens is 426 g/mol. The molecule has 2 aliphatic rings. The number of benzene rings is 1. The molecular formula is C23H21N5O5. The van der Waals surface area contributed by atoms with Crippen LogP contribution in [0, 0.1) is 0 Å². The zero-order valence-electron chi connectivity index (χ0n) is 17.8. The molecule has 1 saturated heterocycles. The second-order valence-corrected chi connectivity index (χ2v) is 7.94. The molecule has 10 heteroatoms. The van der Waals surface area contributed by atoms with Gasteiger partial charge in [-0.15, -0.1) is 0 Å². The number of esters is 1. The number of rotatable bonds is 5. The van der Waals surface area contributed by atoms with Gasteiger partial charge in [-0.05, 0) is 36.2 Å². The third-order valence-corrected chi connectivity index (χ3v) is 5.95. The summed E-state index contributed by atoms with van der Waals surface area (Å²) < 4.78 is 6.58. The van der Waals surface area contributed by atoms with E-state index in [1.54, 1.807) is 12.1 Å². The van der Waals surface area contributed by atoms with E-state index >= 15 is 0 Å². The second-order valence-electron chi connectivity index (χ2n) is 7.94. The molecule has 3 aromatic rings. The zero-order valence-corrected chi connectivity index (χ0v) is 17.8. The topological polar surface area (TPSA) is 122 Å². The number of nitrogens with zero attached hydrogens (tertiary/aromatic N) is 3. The van der Waals surface area contributed by atoms with Gasteiger partial charge < -0.3 is 15.0 Å². The Morgan fingerprint density at radius 2 is 2.09 bits per heavy atom. The normalized spacial score (nSPS) is 17.8. The van der Waals surface area contributed by atoms with Crippen molar-refractivity contribution >= 4 is 35.2 Å². The van der Waals surface area contributed by atoms with Gasteiger partial charge in [0, 0.05) is 30.3 Å². The van der Waals surface area contributed by atoms with Crippen molar-refractivity contribution in [3.05, 3.63) is 53.7 Å². The van der Waals surface area contributed by atoms with Crippen LogP contribution in [0.4, 0.5) is 5.82 Å². The molecule has 1 fully saturated rings. The van der Waals surface area contributed by atoms with Crippen LogP contribution in [0.15, 0.2) is 42.6 Å². The molecule has 0 bridgehead atoms. The van der Waals surface area contributed by atoms with Crippen molar-refractivity contribution < 1.29 is 23.9 Å². The summed E-state index contributed by atoms with van der Waals surface area (Å²) in [5.74, 6) is -0.776. The first-order valence-corrected chi connectivity index (χ1v) is 10.5. The van der Waals surface area contributed by atoms with E-state index in [1.165, 1.54) is 12.0 Å². The third-order valence-electron chi connectivity index (χ3n) is 5.95. The maximum atomic E-state index is 13.0. The van der Waals surface area contributed by atoms with E-state index in [1.807, 2.05) is 34.9 Å². The van der Waals surface area contributed by atoms with E-state index in [0.29, 0.717) is 29.1 Å². The van der Waals surface area contributed by atoms with Crippen molar-refractivity contribution in [1.29, 1.82) is 0 Å². The van der Waals surface area contributed by atoms with Crippen molar-refractivity contribution in [3.8, 4) is 11.3 Å². The van der Waals surface area contributed by atoms with Crippen molar-refractivity contribution in [2.45, 2.75) is 25.4 Å². The number of amides is 3. The number of aromatic nitrogens is 2. The lowest BCUT2D eigenvalue weighted by molar-refractivity contribution is -0.139. The number of piperidine rings is 1. The molecule has 4 heterocycles. The molecule has 2 aromatic heterocycles. The van der Waals surface area contributed by atoms with Gasteiger partial charge in [0.2, 0.25) is 11.8 Å². The summed E-state index contributed by atoms with van der Waals surface area (Å²) in [5, 5.41) is 5.41. The lowest BCUT2D eigenvalue weighted by Gasteiger charge is -2.29. The zero-order chi connectivity index (χ0) is 23.1. The smallest absolute Gasteiger partial charge is 0.325 e. The molecule has 2 aliphatic heterocycles. The van der Waals surface area contributed by atoms with Crippen LogP contribution >= 0.6 is 0 Å². The molecule has 3 amide bonds. The fourth-order valence-electron chi connectivity index (χ4n) is 4.32. The number of ether oxygens (including phenoxy) is 1. The Labute approximate surface area is 188 Å². The first-order valence-electron chi connectivity index (χ1n) is 10.5. The van der Waals surface area contributed by atoms with Gasteiger partial charge in [0.15, 0.2) is 0 Å². The monoisotopic (exact) mass is 447 g/mol. The quantitative estimate of drug-likeness (QED) is 0.447. The van der Waals surface area contributed by atoms with Crippen LogP contribution in [0.3, 0.4) is 0 Å². The minimum absolute atomic E-state index is 0.0289. The lowest BCUT2D eigenvalue weighted by atomic mass is 10.0. The predicted octanol–water partition coefficient (Wildman–Crippen LogP) is 1.35. The molecule has 0 spiro atoms. The van der Waals surface area contributed by atoms with E-state index in [9.17, 15) is 19.2 Å². The van der Waals surface area contributed by atoms with Gasteiger partial charge in [-0.25, -0.2) is 4.98 Å². The predicted molar refractivity (Wildman–Crippen MR) is 117 cm³/mol. The highest BCUT2D eigenvalue weighted by molar-refractivity contribution is 6.05. The second kappa shape index (κ2) is 8.05. The third kappa shape index (κ3) is 3.59. The molecule has 1 atom stereocenters. The fourth-order valence-corrected chi connectivity index (χ4v) is 4.32. The number of pyridine rings is 1. The van der Waals surface area contributed by atoms with Gasteiger partial charge in [0.05, 0.1) is 7.11 Å². The Hall–Kier alpha value is -4.21. The van der Waals surface area contributed by atoms with Crippen molar-refractivity contribution in [2.75, 3.05) is 19.0 Å². The molecule has 0 aliphatic carbocycles. The molecule has 1 unspecified atom stereocenters. The van der Waals surface area contributed by atoms with E-state index in [4.69, 9.17) is 9.72 Å². The number of nitrogens with one attached hydrogen (secondary N) is 2. The highest BCUT2D eigenvalue weighted by atomic mass is 16.5. The van der Waals surface area contributed by atoms with Crippen LogP contribution < -0.4 is 10.6 Å². The number of imidazole rings is 1. The molecule has 0 saturated carbocycles. The Morgan fingerprint density at radius 1 is 1.24 bits per heavy atom.